The zero-order chi connectivity index (χ0) is 40.5. The summed E-state index contributed by atoms with van der Waals surface area (Å²) in [6, 6.07) is 80.8. The van der Waals surface area contributed by atoms with E-state index in [1.165, 1.54) is 5.56 Å². The van der Waals surface area contributed by atoms with Gasteiger partial charge >= 0.3 is 0 Å². The zero-order valence-electron chi connectivity index (χ0n) is 33.2. The summed E-state index contributed by atoms with van der Waals surface area (Å²) in [6.07, 6.45) is 0. The number of nitrogens with zero attached hydrogens (tertiary/aromatic N) is 4. The van der Waals surface area contributed by atoms with Gasteiger partial charge < -0.3 is 4.90 Å². The van der Waals surface area contributed by atoms with Crippen LogP contribution >= 0.6 is 0 Å². The van der Waals surface area contributed by atoms with Crippen molar-refractivity contribution >= 4 is 49.5 Å². The summed E-state index contributed by atoms with van der Waals surface area (Å²) < 4.78 is 0. The molecule has 0 unspecified atom stereocenters. The number of rotatable bonds is 8. The van der Waals surface area contributed by atoms with Gasteiger partial charge in [-0.25, -0.2) is 15.0 Å². The summed E-state index contributed by atoms with van der Waals surface area (Å²) in [4.78, 5) is 18.6. The third-order valence-corrected chi connectivity index (χ3v) is 11.4. The fourth-order valence-corrected chi connectivity index (χ4v) is 8.58. The number of para-hydroxylation sites is 3. The van der Waals surface area contributed by atoms with Crippen LogP contribution in [0.5, 0.6) is 0 Å². The molecule has 4 heteroatoms. The van der Waals surface area contributed by atoms with E-state index < -0.39 is 0 Å². The molecule has 0 amide bonds. The van der Waals surface area contributed by atoms with Gasteiger partial charge in [-0.15, -0.1) is 0 Å². The standard InChI is InChI=1S/C57H38N4/c1-6-18-39(19-7-1)40-32-34-44(35-33-40)57-58-50(41-20-8-2-9-21-41)38-51(59-57)47-29-16-24-42-36-37-49-54(53(42)47)48-30-17-31-52(56(48)60-55(49)43-22-10-3-11-23-43)61(45-25-12-4-13-26-45)46-27-14-5-15-28-46/h1-38H. The Balaban J connectivity index is 1.20. The molecule has 0 aliphatic carbocycles. The van der Waals surface area contributed by atoms with Crippen molar-refractivity contribution in [1.29, 1.82) is 0 Å². The molecule has 61 heavy (non-hydrogen) atoms. The molecule has 0 radical (unpaired) electrons. The van der Waals surface area contributed by atoms with Crippen molar-refractivity contribution in [3.63, 3.8) is 0 Å². The van der Waals surface area contributed by atoms with Crippen molar-refractivity contribution in [1.82, 2.24) is 15.0 Å². The first kappa shape index (κ1) is 35.9. The molecule has 4 nitrogen and oxygen atoms in total. The topological polar surface area (TPSA) is 41.9 Å². The molecule has 9 aromatic carbocycles. The minimum absolute atomic E-state index is 0.674. The molecule has 0 spiro atoms. The molecule has 286 valence electrons. The highest BCUT2D eigenvalue weighted by Crippen LogP contribution is 2.45. The third-order valence-electron chi connectivity index (χ3n) is 11.4. The van der Waals surface area contributed by atoms with Crippen LogP contribution in [-0.2, 0) is 0 Å². The molecule has 0 saturated heterocycles. The van der Waals surface area contributed by atoms with E-state index >= 15 is 0 Å². The van der Waals surface area contributed by atoms with Gasteiger partial charge in [-0.3, -0.25) is 0 Å². The number of benzene rings is 9. The molecule has 0 aliphatic heterocycles. The van der Waals surface area contributed by atoms with E-state index in [2.05, 4.69) is 223 Å². The predicted octanol–water partition coefficient (Wildman–Crippen LogP) is 15.1. The van der Waals surface area contributed by atoms with Gasteiger partial charge in [0.25, 0.3) is 0 Å². The van der Waals surface area contributed by atoms with Crippen LogP contribution in [0.1, 0.15) is 0 Å². The van der Waals surface area contributed by atoms with E-state index in [1.54, 1.807) is 0 Å². The van der Waals surface area contributed by atoms with Crippen molar-refractivity contribution < 1.29 is 0 Å². The average Bonchev–Trinajstić information content (AvgIpc) is 3.35. The number of aromatic nitrogens is 3. The molecule has 0 bridgehead atoms. The van der Waals surface area contributed by atoms with E-state index in [0.717, 1.165) is 94.4 Å². The zero-order valence-corrected chi connectivity index (χ0v) is 33.2. The predicted molar refractivity (Wildman–Crippen MR) is 254 cm³/mol. The Morgan fingerprint density at radius 3 is 1.52 bits per heavy atom. The van der Waals surface area contributed by atoms with Crippen LogP contribution in [0.25, 0.3) is 88.7 Å². The first-order valence-electron chi connectivity index (χ1n) is 20.6. The quantitative estimate of drug-likeness (QED) is 0.144. The number of fused-ring (bicyclic) bond motifs is 5. The lowest BCUT2D eigenvalue weighted by atomic mass is 9.91. The van der Waals surface area contributed by atoms with Gasteiger partial charge in [0, 0.05) is 49.8 Å². The van der Waals surface area contributed by atoms with E-state index in [-0.39, 0.29) is 0 Å². The molecule has 0 atom stereocenters. The molecule has 11 aromatic rings. The van der Waals surface area contributed by atoms with E-state index in [1.807, 2.05) is 12.1 Å². The summed E-state index contributed by atoms with van der Waals surface area (Å²) in [6.45, 7) is 0. The number of hydrogen-bond donors (Lipinski definition) is 0. The SMILES string of the molecule is c1ccc(-c2ccc(-c3nc(-c4ccccc4)cc(-c4cccc5ccc6c(-c7ccccc7)nc7c(N(c8ccccc8)c8ccccc8)cccc7c6c45)n3)cc2)cc1. The lowest BCUT2D eigenvalue weighted by molar-refractivity contribution is 1.19. The molecular weight excluding hydrogens is 741 g/mol. The fourth-order valence-electron chi connectivity index (χ4n) is 8.58. The molecular formula is C57H38N4. The van der Waals surface area contributed by atoms with Gasteiger partial charge in [0.05, 0.1) is 28.3 Å². The lowest BCUT2D eigenvalue weighted by Gasteiger charge is -2.27. The monoisotopic (exact) mass is 778 g/mol. The lowest BCUT2D eigenvalue weighted by Crippen LogP contribution is -2.11. The van der Waals surface area contributed by atoms with E-state index in [4.69, 9.17) is 15.0 Å². The van der Waals surface area contributed by atoms with Crippen LogP contribution in [0.15, 0.2) is 231 Å². The first-order valence-corrected chi connectivity index (χ1v) is 20.6. The van der Waals surface area contributed by atoms with Crippen LogP contribution in [0.3, 0.4) is 0 Å². The average molecular weight is 779 g/mol. The minimum Gasteiger partial charge on any atom is -0.308 e. The maximum absolute atomic E-state index is 5.62. The smallest absolute Gasteiger partial charge is 0.160 e. The molecule has 0 fully saturated rings. The van der Waals surface area contributed by atoms with Gasteiger partial charge in [0.1, 0.15) is 0 Å². The van der Waals surface area contributed by atoms with Crippen LogP contribution in [-0.4, -0.2) is 15.0 Å². The Labute approximate surface area is 354 Å². The molecule has 11 rings (SSSR count). The fraction of sp³-hybridized carbons (Fsp3) is 0. The maximum Gasteiger partial charge on any atom is 0.160 e. The highest BCUT2D eigenvalue weighted by Gasteiger charge is 2.22. The molecule has 2 aromatic heterocycles. The Bertz CT molecular complexity index is 3280. The number of pyridine rings is 1. The Morgan fingerprint density at radius 1 is 0.328 bits per heavy atom. The summed E-state index contributed by atoms with van der Waals surface area (Å²) in [7, 11) is 0. The van der Waals surface area contributed by atoms with Crippen molar-refractivity contribution in [3.05, 3.63) is 231 Å². The van der Waals surface area contributed by atoms with Crippen molar-refractivity contribution in [2.45, 2.75) is 0 Å². The molecule has 0 N–H and O–H groups in total. The molecule has 0 aliphatic rings. The minimum atomic E-state index is 0.674. The van der Waals surface area contributed by atoms with E-state index in [9.17, 15) is 0 Å². The first-order chi connectivity index (χ1) is 30.3. The largest absolute Gasteiger partial charge is 0.308 e. The highest BCUT2D eigenvalue weighted by molar-refractivity contribution is 6.27. The second-order valence-corrected chi connectivity index (χ2v) is 15.2. The van der Waals surface area contributed by atoms with Gasteiger partial charge in [-0.2, -0.15) is 0 Å². The van der Waals surface area contributed by atoms with Gasteiger partial charge in [-0.05, 0) is 58.3 Å². The summed E-state index contributed by atoms with van der Waals surface area (Å²) in [5.74, 6) is 0.674. The Hall–Kier alpha value is -8.21. The normalized spacial score (nSPS) is 11.3. The number of anilines is 3. The van der Waals surface area contributed by atoms with Crippen molar-refractivity contribution in [2.75, 3.05) is 4.90 Å². The van der Waals surface area contributed by atoms with Gasteiger partial charge in [-0.1, -0.05) is 194 Å². The van der Waals surface area contributed by atoms with Crippen molar-refractivity contribution in [3.8, 4) is 56.3 Å². The Morgan fingerprint density at radius 2 is 0.869 bits per heavy atom. The van der Waals surface area contributed by atoms with Crippen LogP contribution in [0.2, 0.25) is 0 Å². The second kappa shape index (κ2) is 15.5. The number of hydrogen-bond acceptors (Lipinski definition) is 4. The van der Waals surface area contributed by atoms with Crippen LogP contribution in [0.4, 0.5) is 17.1 Å². The maximum atomic E-state index is 5.62. The highest BCUT2D eigenvalue weighted by atomic mass is 15.1. The van der Waals surface area contributed by atoms with E-state index in [0.29, 0.717) is 5.82 Å². The van der Waals surface area contributed by atoms with Gasteiger partial charge in [0.2, 0.25) is 0 Å². The molecule has 0 saturated carbocycles. The second-order valence-electron chi connectivity index (χ2n) is 15.2. The summed E-state index contributed by atoms with van der Waals surface area (Å²) in [5.41, 5.74) is 13.1. The Kier molecular flexibility index (Phi) is 9.14. The summed E-state index contributed by atoms with van der Waals surface area (Å²) in [5, 5.41) is 5.52. The van der Waals surface area contributed by atoms with Crippen LogP contribution < -0.4 is 4.90 Å². The third kappa shape index (κ3) is 6.67. The van der Waals surface area contributed by atoms with Crippen molar-refractivity contribution in [2.24, 2.45) is 0 Å². The summed E-state index contributed by atoms with van der Waals surface area (Å²) >= 11 is 0. The van der Waals surface area contributed by atoms with Gasteiger partial charge in [0.15, 0.2) is 5.82 Å². The molecule has 2 heterocycles. The van der Waals surface area contributed by atoms with Crippen LogP contribution in [0, 0.1) is 0 Å².